The molecule has 154 valence electrons. The number of carbonyl (C=O) groups is 1. The van der Waals surface area contributed by atoms with Crippen molar-refractivity contribution >= 4 is 42.4 Å². The van der Waals surface area contributed by atoms with Gasteiger partial charge < -0.3 is 14.4 Å². The zero-order valence-corrected chi connectivity index (χ0v) is 17.9. The van der Waals surface area contributed by atoms with E-state index in [4.69, 9.17) is 0 Å². The van der Waals surface area contributed by atoms with Crippen LogP contribution in [-0.2, 0) is 17.8 Å². The number of carbonyl (C=O) groups excluding carboxylic acids is 1. The number of imidazole rings is 1. The number of nitrogens with zero attached hydrogens (tertiary/aromatic N) is 5. The molecule has 1 saturated heterocycles. The number of benzene rings is 1. The molecular formula is C20H29Cl2N5O. The topological polar surface area (TPSA) is 44.6 Å². The van der Waals surface area contributed by atoms with Gasteiger partial charge in [0.05, 0.1) is 6.54 Å². The number of amides is 1. The average Bonchev–Trinajstić information content (AvgIpc) is 3.17. The molecule has 1 fully saturated rings. The summed E-state index contributed by atoms with van der Waals surface area (Å²) in [5.41, 5.74) is 2.40. The normalized spacial score (nSPS) is 16.8. The van der Waals surface area contributed by atoms with Crippen LogP contribution in [0.15, 0.2) is 36.7 Å². The SMILES string of the molecule is CCn1ccnc1N1CCN(CC(=O)N2CCCc3ccccc32)CC1.Cl.Cl. The van der Waals surface area contributed by atoms with Gasteiger partial charge in [-0.1, -0.05) is 18.2 Å². The molecule has 4 rings (SSSR count). The summed E-state index contributed by atoms with van der Waals surface area (Å²) in [4.78, 5) is 24.0. The highest BCUT2D eigenvalue weighted by Crippen LogP contribution is 2.27. The largest absolute Gasteiger partial charge is 0.340 e. The highest BCUT2D eigenvalue weighted by atomic mass is 35.5. The van der Waals surface area contributed by atoms with Crippen LogP contribution in [0.3, 0.4) is 0 Å². The molecule has 0 atom stereocenters. The van der Waals surface area contributed by atoms with Gasteiger partial charge in [-0.2, -0.15) is 0 Å². The molecule has 0 radical (unpaired) electrons. The maximum absolute atomic E-state index is 12.9. The Labute approximate surface area is 179 Å². The molecule has 0 N–H and O–H groups in total. The number of aryl methyl sites for hydroxylation is 2. The lowest BCUT2D eigenvalue weighted by Crippen LogP contribution is -2.51. The second kappa shape index (κ2) is 10.1. The predicted molar refractivity (Wildman–Crippen MR) is 118 cm³/mol. The molecule has 6 nitrogen and oxygen atoms in total. The van der Waals surface area contributed by atoms with E-state index in [1.807, 2.05) is 23.4 Å². The van der Waals surface area contributed by atoms with Gasteiger partial charge in [0.1, 0.15) is 0 Å². The summed E-state index contributed by atoms with van der Waals surface area (Å²) in [5, 5.41) is 0. The van der Waals surface area contributed by atoms with E-state index in [2.05, 4.69) is 44.5 Å². The maximum atomic E-state index is 12.9. The predicted octanol–water partition coefficient (Wildman–Crippen LogP) is 2.85. The molecule has 8 heteroatoms. The number of rotatable bonds is 4. The summed E-state index contributed by atoms with van der Waals surface area (Å²) in [7, 11) is 0. The first-order valence-electron chi connectivity index (χ1n) is 9.63. The van der Waals surface area contributed by atoms with Crippen molar-refractivity contribution in [3.05, 3.63) is 42.2 Å². The highest BCUT2D eigenvalue weighted by Gasteiger charge is 2.26. The molecule has 28 heavy (non-hydrogen) atoms. The van der Waals surface area contributed by atoms with Crippen LogP contribution in [0.4, 0.5) is 11.6 Å². The molecule has 0 unspecified atom stereocenters. The van der Waals surface area contributed by atoms with Crippen LogP contribution in [0.2, 0.25) is 0 Å². The standard InChI is InChI=1S/C20H27N5O.2ClH/c1-2-23-11-9-21-20(23)24-14-12-22(13-15-24)16-19(26)25-10-5-7-17-6-3-4-8-18(17)25;;/h3-4,6,8-9,11H,2,5,7,10,12-16H2,1H3;2*1H. The monoisotopic (exact) mass is 425 g/mol. The van der Waals surface area contributed by atoms with E-state index in [1.54, 1.807) is 0 Å². The summed E-state index contributed by atoms with van der Waals surface area (Å²) < 4.78 is 2.17. The van der Waals surface area contributed by atoms with Crippen molar-refractivity contribution in [2.24, 2.45) is 0 Å². The van der Waals surface area contributed by atoms with Gasteiger partial charge in [0.2, 0.25) is 11.9 Å². The second-order valence-electron chi connectivity index (χ2n) is 7.05. The zero-order chi connectivity index (χ0) is 17.9. The molecular weight excluding hydrogens is 397 g/mol. The molecule has 1 aromatic carbocycles. The van der Waals surface area contributed by atoms with E-state index < -0.39 is 0 Å². The maximum Gasteiger partial charge on any atom is 0.241 e. The summed E-state index contributed by atoms with van der Waals surface area (Å²) in [6, 6.07) is 8.31. The molecule has 2 aliphatic heterocycles. The molecule has 0 spiro atoms. The minimum absolute atomic E-state index is 0. The minimum atomic E-state index is 0. The van der Waals surface area contributed by atoms with Crippen LogP contribution in [-0.4, -0.2) is 59.6 Å². The molecule has 3 heterocycles. The number of para-hydroxylation sites is 1. The highest BCUT2D eigenvalue weighted by molar-refractivity contribution is 5.96. The fraction of sp³-hybridized carbons (Fsp3) is 0.500. The third-order valence-electron chi connectivity index (χ3n) is 5.46. The molecule has 1 amide bonds. The van der Waals surface area contributed by atoms with Gasteiger partial charge in [-0.3, -0.25) is 9.69 Å². The fourth-order valence-corrected chi connectivity index (χ4v) is 4.01. The lowest BCUT2D eigenvalue weighted by atomic mass is 10.0. The van der Waals surface area contributed by atoms with E-state index in [9.17, 15) is 4.79 Å². The molecule has 2 aliphatic rings. The van der Waals surface area contributed by atoms with Crippen molar-refractivity contribution in [2.75, 3.05) is 49.1 Å². The number of halogens is 2. The molecule has 0 aliphatic carbocycles. The fourth-order valence-electron chi connectivity index (χ4n) is 4.01. The van der Waals surface area contributed by atoms with Crippen molar-refractivity contribution < 1.29 is 4.79 Å². The zero-order valence-electron chi connectivity index (χ0n) is 16.3. The Hall–Kier alpha value is -1.76. The van der Waals surface area contributed by atoms with Crippen LogP contribution in [0, 0.1) is 0 Å². The smallest absolute Gasteiger partial charge is 0.241 e. The molecule has 2 aromatic rings. The van der Waals surface area contributed by atoms with Gasteiger partial charge in [-0.25, -0.2) is 4.98 Å². The van der Waals surface area contributed by atoms with Gasteiger partial charge in [0.15, 0.2) is 0 Å². The van der Waals surface area contributed by atoms with E-state index in [-0.39, 0.29) is 30.7 Å². The van der Waals surface area contributed by atoms with Crippen molar-refractivity contribution in [1.82, 2.24) is 14.5 Å². The van der Waals surface area contributed by atoms with Crippen molar-refractivity contribution in [2.45, 2.75) is 26.3 Å². The van der Waals surface area contributed by atoms with E-state index >= 15 is 0 Å². The lowest BCUT2D eigenvalue weighted by Gasteiger charge is -2.37. The van der Waals surface area contributed by atoms with Crippen molar-refractivity contribution in [3.63, 3.8) is 0 Å². The number of hydrogen-bond donors (Lipinski definition) is 0. The molecule has 0 saturated carbocycles. The Bertz CT molecular complexity index is 773. The van der Waals surface area contributed by atoms with Crippen molar-refractivity contribution in [3.8, 4) is 0 Å². The number of hydrogen-bond acceptors (Lipinski definition) is 4. The van der Waals surface area contributed by atoms with Gasteiger partial charge in [-0.05, 0) is 31.4 Å². The Morgan fingerprint density at radius 3 is 2.57 bits per heavy atom. The third kappa shape index (κ3) is 4.62. The Morgan fingerprint density at radius 2 is 1.82 bits per heavy atom. The molecule has 1 aromatic heterocycles. The van der Waals surface area contributed by atoms with E-state index in [0.29, 0.717) is 6.54 Å². The van der Waals surface area contributed by atoms with Crippen molar-refractivity contribution in [1.29, 1.82) is 0 Å². The third-order valence-corrected chi connectivity index (χ3v) is 5.46. The second-order valence-corrected chi connectivity index (χ2v) is 7.05. The van der Waals surface area contributed by atoms with Crippen LogP contribution >= 0.6 is 24.8 Å². The quantitative estimate of drug-likeness (QED) is 0.755. The first-order valence-corrected chi connectivity index (χ1v) is 9.63. The lowest BCUT2D eigenvalue weighted by molar-refractivity contribution is -0.119. The summed E-state index contributed by atoms with van der Waals surface area (Å²) in [6.45, 7) is 8.05. The average molecular weight is 426 g/mol. The first-order chi connectivity index (χ1) is 12.8. The number of anilines is 2. The Balaban J connectivity index is 0.00000140. The summed E-state index contributed by atoms with van der Waals surface area (Å²) in [6.07, 6.45) is 6.01. The van der Waals surface area contributed by atoms with Gasteiger partial charge >= 0.3 is 0 Å². The van der Waals surface area contributed by atoms with E-state index in [0.717, 1.165) is 63.7 Å². The molecule has 0 bridgehead atoms. The Morgan fingerprint density at radius 1 is 1.07 bits per heavy atom. The van der Waals surface area contributed by atoms with Crippen LogP contribution in [0.1, 0.15) is 18.9 Å². The summed E-state index contributed by atoms with van der Waals surface area (Å²) >= 11 is 0. The van der Waals surface area contributed by atoms with Crippen LogP contribution in [0.25, 0.3) is 0 Å². The van der Waals surface area contributed by atoms with Gasteiger partial charge in [0.25, 0.3) is 0 Å². The van der Waals surface area contributed by atoms with Crippen LogP contribution < -0.4 is 9.80 Å². The first kappa shape index (κ1) is 22.5. The number of piperazine rings is 1. The van der Waals surface area contributed by atoms with Gasteiger partial charge in [-0.15, -0.1) is 24.8 Å². The van der Waals surface area contributed by atoms with E-state index in [1.165, 1.54) is 5.56 Å². The van der Waals surface area contributed by atoms with Gasteiger partial charge in [0, 0.05) is 57.3 Å². The van der Waals surface area contributed by atoms with Crippen LogP contribution in [0.5, 0.6) is 0 Å². The Kier molecular flexibility index (Phi) is 8.16. The minimum Gasteiger partial charge on any atom is -0.340 e. The summed E-state index contributed by atoms with van der Waals surface area (Å²) in [5.74, 6) is 1.27. The number of aromatic nitrogens is 2. The number of fused-ring (bicyclic) bond motifs is 1.